The molecule has 9 heteroatoms. The number of hydrogen-bond acceptors (Lipinski definition) is 8. The lowest BCUT2D eigenvalue weighted by Crippen LogP contribution is -2.60. The Morgan fingerprint density at radius 3 is 2.80 bits per heavy atom. The molecule has 3 rings (SSSR count). The van der Waals surface area contributed by atoms with Crippen molar-refractivity contribution >= 4 is 34.5 Å². The van der Waals surface area contributed by atoms with Gasteiger partial charge < -0.3 is 14.6 Å². The Kier molecular flexibility index (Phi) is 4.78. The number of amides is 1. The second-order valence-corrected chi connectivity index (χ2v) is 6.71. The number of β-lactam (4-membered cyclic amide) rings is 1. The SMILES string of the molecule is CC(=O)OCOC(=O)C1=C(c2cccnc2)S[C@@H]2[C@@H]([C@@H](C)O)C(=O)N12. The van der Waals surface area contributed by atoms with E-state index in [-0.39, 0.29) is 17.0 Å². The molecule has 2 aliphatic rings. The molecule has 3 heterocycles. The lowest BCUT2D eigenvalue weighted by Gasteiger charge is -2.43. The quantitative estimate of drug-likeness (QED) is 0.463. The van der Waals surface area contributed by atoms with Crippen molar-refractivity contribution in [2.24, 2.45) is 5.92 Å². The Labute approximate surface area is 147 Å². The molecule has 1 aromatic heterocycles. The fourth-order valence-corrected chi connectivity index (χ4v) is 4.30. The number of rotatable bonds is 5. The molecule has 8 nitrogen and oxygen atoms in total. The highest BCUT2D eigenvalue weighted by atomic mass is 32.2. The van der Waals surface area contributed by atoms with Crippen molar-refractivity contribution in [2.75, 3.05) is 6.79 Å². The monoisotopic (exact) mass is 364 g/mol. The molecule has 0 radical (unpaired) electrons. The number of hydrogen-bond donors (Lipinski definition) is 1. The smallest absolute Gasteiger partial charge is 0.359 e. The van der Waals surface area contributed by atoms with Crippen LogP contribution in [0.3, 0.4) is 0 Å². The minimum Gasteiger partial charge on any atom is -0.428 e. The molecule has 0 unspecified atom stereocenters. The highest BCUT2D eigenvalue weighted by Gasteiger charge is 2.58. The van der Waals surface area contributed by atoms with E-state index >= 15 is 0 Å². The van der Waals surface area contributed by atoms with Crippen LogP contribution < -0.4 is 0 Å². The maximum atomic E-state index is 12.5. The first-order valence-corrected chi connectivity index (χ1v) is 8.42. The Hall–Kier alpha value is -2.39. The van der Waals surface area contributed by atoms with Crippen LogP contribution >= 0.6 is 11.8 Å². The third-order valence-electron chi connectivity index (χ3n) is 3.87. The normalized spacial score (nSPS) is 23.0. The summed E-state index contributed by atoms with van der Waals surface area (Å²) in [4.78, 5) is 41.5. The number of carbonyl (C=O) groups is 3. The molecule has 25 heavy (non-hydrogen) atoms. The van der Waals surface area contributed by atoms with Crippen LogP contribution in [0.15, 0.2) is 30.2 Å². The summed E-state index contributed by atoms with van der Waals surface area (Å²) in [5.41, 5.74) is 0.746. The first-order chi connectivity index (χ1) is 11.9. The molecule has 0 spiro atoms. The van der Waals surface area contributed by atoms with E-state index in [1.165, 1.54) is 23.6 Å². The zero-order chi connectivity index (χ0) is 18.1. The van der Waals surface area contributed by atoms with Crippen molar-refractivity contribution in [1.29, 1.82) is 0 Å². The van der Waals surface area contributed by atoms with Gasteiger partial charge in [-0.05, 0) is 13.0 Å². The first-order valence-electron chi connectivity index (χ1n) is 7.54. The van der Waals surface area contributed by atoms with Crippen LogP contribution in [-0.2, 0) is 23.9 Å². The molecule has 0 bridgehead atoms. The molecular formula is C16H16N2O6S. The van der Waals surface area contributed by atoms with E-state index in [1.807, 2.05) is 0 Å². The molecule has 0 aromatic carbocycles. The number of aliphatic hydroxyl groups excluding tert-OH is 1. The lowest BCUT2D eigenvalue weighted by molar-refractivity contribution is -0.168. The van der Waals surface area contributed by atoms with Gasteiger partial charge in [0.1, 0.15) is 11.1 Å². The van der Waals surface area contributed by atoms with Gasteiger partial charge in [-0.1, -0.05) is 17.8 Å². The highest BCUT2D eigenvalue weighted by molar-refractivity contribution is 8.09. The minimum absolute atomic E-state index is 0.0806. The largest absolute Gasteiger partial charge is 0.428 e. The number of pyridine rings is 1. The van der Waals surface area contributed by atoms with Gasteiger partial charge >= 0.3 is 11.9 Å². The van der Waals surface area contributed by atoms with E-state index in [0.29, 0.717) is 10.5 Å². The molecular weight excluding hydrogens is 348 g/mol. The molecule has 1 aromatic rings. The Morgan fingerprint density at radius 1 is 1.44 bits per heavy atom. The molecule has 1 saturated heterocycles. The number of nitrogens with zero attached hydrogens (tertiary/aromatic N) is 2. The average molecular weight is 364 g/mol. The predicted octanol–water partition coefficient (Wildman–Crippen LogP) is 0.726. The average Bonchev–Trinajstić information content (AvgIpc) is 2.90. The van der Waals surface area contributed by atoms with Crippen molar-refractivity contribution in [3.63, 3.8) is 0 Å². The van der Waals surface area contributed by atoms with Gasteiger partial charge in [-0.2, -0.15) is 0 Å². The Balaban J connectivity index is 1.90. The van der Waals surface area contributed by atoms with E-state index in [4.69, 9.17) is 4.74 Å². The Bertz CT molecular complexity index is 748. The van der Waals surface area contributed by atoms with E-state index in [2.05, 4.69) is 9.72 Å². The summed E-state index contributed by atoms with van der Waals surface area (Å²) in [5, 5.41) is 9.43. The third-order valence-corrected chi connectivity index (χ3v) is 5.28. The van der Waals surface area contributed by atoms with Gasteiger partial charge in [-0.15, -0.1) is 0 Å². The summed E-state index contributed by atoms with van der Waals surface area (Å²) in [6, 6.07) is 3.48. The van der Waals surface area contributed by atoms with Crippen LogP contribution in [0.1, 0.15) is 19.4 Å². The molecule has 1 fully saturated rings. The van der Waals surface area contributed by atoms with Gasteiger partial charge in [0.05, 0.1) is 12.0 Å². The molecule has 1 N–H and O–H groups in total. The topological polar surface area (TPSA) is 106 Å². The fourth-order valence-electron chi connectivity index (χ4n) is 2.71. The number of thioether (sulfide) groups is 1. The zero-order valence-corrected chi connectivity index (χ0v) is 14.4. The number of aromatic nitrogens is 1. The third kappa shape index (κ3) is 3.12. The van der Waals surface area contributed by atoms with Crippen LogP contribution in [0.5, 0.6) is 0 Å². The van der Waals surface area contributed by atoms with Crippen LogP contribution in [0, 0.1) is 5.92 Å². The van der Waals surface area contributed by atoms with E-state index in [0.717, 1.165) is 0 Å². The summed E-state index contributed by atoms with van der Waals surface area (Å²) in [6.07, 6.45) is 2.35. The van der Waals surface area contributed by atoms with Gasteiger partial charge in [0.2, 0.25) is 12.7 Å². The molecule has 0 aliphatic carbocycles. The molecule has 2 aliphatic heterocycles. The van der Waals surface area contributed by atoms with Crippen LogP contribution in [0.25, 0.3) is 4.91 Å². The Morgan fingerprint density at radius 2 is 2.20 bits per heavy atom. The first kappa shape index (κ1) is 17.4. The second kappa shape index (κ2) is 6.85. The molecule has 0 saturated carbocycles. The van der Waals surface area contributed by atoms with Gasteiger partial charge in [-0.25, -0.2) is 4.79 Å². The fraction of sp³-hybridized carbons (Fsp3) is 0.375. The number of carbonyl (C=O) groups excluding carboxylic acids is 3. The maximum absolute atomic E-state index is 12.5. The van der Waals surface area contributed by atoms with E-state index in [1.54, 1.807) is 31.5 Å². The summed E-state index contributed by atoms with van der Waals surface area (Å²) >= 11 is 1.31. The summed E-state index contributed by atoms with van der Waals surface area (Å²) in [5.74, 6) is -2.28. The summed E-state index contributed by atoms with van der Waals surface area (Å²) in [7, 11) is 0. The van der Waals surface area contributed by atoms with Crippen molar-refractivity contribution in [2.45, 2.75) is 25.3 Å². The highest BCUT2D eigenvalue weighted by Crippen LogP contribution is 2.53. The van der Waals surface area contributed by atoms with Crippen LogP contribution in [0.2, 0.25) is 0 Å². The number of ether oxygens (including phenoxy) is 2. The minimum atomic E-state index is -0.826. The van der Waals surface area contributed by atoms with Gasteiger partial charge in [0.15, 0.2) is 0 Å². The zero-order valence-electron chi connectivity index (χ0n) is 13.5. The van der Waals surface area contributed by atoms with E-state index in [9.17, 15) is 19.5 Å². The maximum Gasteiger partial charge on any atom is 0.359 e. The lowest BCUT2D eigenvalue weighted by atomic mass is 9.92. The van der Waals surface area contributed by atoms with Crippen LogP contribution in [0.4, 0.5) is 0 Å². The van der Waals surface area contributed by atoms with Crippen molar-refractivity contribution < 1.29 is 29.0 Å². The van der Waals surface area contributed by atoms with E-state index < -0.39 is 30.8 Å². The number of fused-ring (bicyclic) bond motifs is 1. The summed E-state index contributed by atoms with van der Waals surface area (Å²) in [6.45, 7) is 2.21. The second-order valence-electron chi connectivity index (χ2n) is 5.59. The molecule has 132 valence electrons. The van der Waals surface area contributed by atoms with Gasteiger partial charge in [-0.3, -0.25) is 19.5 Å². The molecule has 3 atom stereocenters. The number of aliphatic hydroxyl groups is 1. The van der Waals surface area contributed by atoms with Crippen LogP contribution in [-0.4, -0.2) is 51.1 Å². The van der Waals surface area contributed by atoms with Gasteiger partial charge in [0.25, 0.3) is 0 Å². The van der Waals surface area contributed by atoms with Crippen molar-refractivity contribution in [3.8, 4) is 0 Å². The van der Waals surface area contributed by atoms with Crippen molar-refractivity contribution in [3.05, 3.63) is 35.8 Å². The van der Waals surface area contributed by atoms with Gasteiger partial charge in [0, 0.05) is 29.8 Å². The molecule has 1 amide bonds. The predicted molar refractivity (Wildman–Crippen MR) is 87.3 cm³/mol. The standard InChI is InChI=1S/C16H16N2O6S/c1-8(19)11-14(21)18-12(16(22)24-7-23-9(2)20)13(25-15(11)18)10-4-3-5-17-6-10/h3-6,8,11,15,19H,7H2,1-2H3/t8-,11+,15-/m1/s1. The van der Waals surface area contributed by atoms with Crippen molar-refractivity contribution in [1.82, 2.24) is 9.88 Å². The number of esters is 2. The summed E-state index contributed by atoms with van der Waals surface area (Å²) < 4.78 is 9.57.